The van der Waals surface area contributed by atoms with Crippen molar-refractivity contribution in [3.05, 3.63) is 216 Å². The molecule has 4 amide bonds. The van der Waals surface area contributed by atoms with Crippen molar-refractivity contribution in [2.45, 2.75) is 73.9 Å². The molecule has 2 aliphatic rings. The van der Waals surface area contributed by atoms with Gasteiger partial charge in [0.25, 0.3) is 33.7 Å². The SMILES string of the molecule is CB(O)NCCOc1cccc(OCCO)c1.CCCOS(C)(=O)=O.CCCOc1cccc(OCCN)c1.CCCOc1cccc(OCCN2C(=O)c3ccccc3C2=O)c1.CCCOc1cccc(OCCNB(C)O)c1.CCO.Cl.NCCOc1cccc(OCCO)c1.NN.O.O=C1c2ccccc2C(=O)N1CCOc1cccc(O)c1. The van der Waals surface area contributed by atoms with Crippen LogP contribution in [0.1, 0.15) is 102 Å². The maximum absolute atomic E-state index is 12.3. The molecule has 18 N–H and O–H groups in total. The second kappa shape index (κ2) is 69.1. The van der Waals surface area contributed by atoms with Crippen molar-refractivity contribution in [2.75, 3.05) is 145 Å². The van der Waals surface area contributed by atoms with Crippen LogP contribution in [-0.2, 0) is 14.3 Å². The van der Waals surface area contributed by atoms with E-state index in [2.05, 4.69) is 40.2 Å². The number of imide groups is 2. The van der Waals surface area contributed by atoms with Crippen molar-refractivity contribution in [3.63, 3.8) is 0 Å². The molecular weight excluding hydrogens is 1620 g/mol. The van der Waals surface area contributed by atoms with Crippen molar-refractivity contribution in [3.8, 4) is 69.0 Å². The number of hydrogen-bond donors (Lipinski definition) is 12. The van der Waals surface area contributed by atoms with Gasteiger partial charge in [-0.05, 0) is 143 Å². The fraction of sp³-hybridized carbons (Fsp3) is 0.388. The van der Waals surface area contributed by atoms with Gasteiger partial charge >= 0.3 is 14.1 Å². The highest BCUT2D eigenvalue weighted by molar-refractivity contribution is 7.86. The highest BCUT2D eigenvalue weighted by Crippen LogP contribution is 2.27. The number of aliphatic hydroxyl groups excluding tert-OH is 3. The van der Waals surface area contributed by atoms with Gasteiger partial charge in [0, 0.05) is 69.2 Å². The van der Waals surface area contributed by atoms with Gasteiger partial charge in [0.1, 0.15) is 109 Å². The summed E-state index contributed by atoms with van der Waals surface area (Å²) in [5.41, 5.74) is 12.4. The van der Waals surface area contributed by atoms with E-state index in [-0.39, 0.29) is 100.0 Å². The van der Waals surface area contributed by atoms with Crippen molar-refractivity contribution >= 4 is 60.3 Å². The summed E-state index contributed by atoms with van der Waals surface area (Å²) in [5.74, 6) is 14.9. The number of carbonyl (C=O) groups is 4. The minimum atomic E-state index is -3.19. The topological polar surface area (TPSA) is 501 Å². The molecule has 2 aliphatic heterocycles. The zero-order valence-corrected chi connectivity index (χ0v) is 72.5. The average molecular weight is 1750 g/mol. The number of fused-ring (bicyclic) bond motifs is 2. The number of halogens is 1. The van der Waals surface area contributed by atoms with Gasteiger partial charge in [-0.3, -0.25) is 44.8 Å². The van der Waals surface area contributed by atoms with Crippen molar-refractivity contribution < 1.29 is 120 Å². The van der Waals surface area contributed by atoms with Gasteiger partial charge in [-0.15, -0.1) is 12.4 Å². The number of nitrogens with zero attached hydrogens (tertiary/aromatic N) is 2. The monoisotopic (exact) mass is 1750 g/mol. The molecule has 0 bridgehead atoms. The molecule has 674 valence electrons. The normalized spacial score (nSPS) is 10.9. The number of nitrogens with two attached hydrogens (primary N) is 4. The number of amides is 4. The van der Waals surface area contributed by atoms with E-state index in [0.717, 1.165) is 73.0 Å². The highest BCUT2D eigenvalue weighted by Gasteiger charge is 2.36. The van der Waals surface area contributed by atoms with E-state index in [4.69, 9.17) is 88.9 Å². The van der Waals surface area contributed by atoms with Gasteiger partial charge in [0.2, 0.25) is 0 Å². The Morgan fingerprint density at radius 1 is 0.361 bits per heavy atom. The number of nitrogens with one attached hydrogen (secondary N) is 2. The Morgan fingerprint density at radius 3 is 0.811 bits per heavy atom. The van der Waals surface area contributed by atoms with E-state index in [1.165, 1.54) is 21.9 Å². The van der Waals surface area contributed by atoms with Gasteiger partial charge in [0.05, 0.1) is 94.5 Å². The molecule has 8 aromatic rings. The number of aliphatic hydroxyl groups is 3. The second-order valence-electron chi connectivity index (χ2n) is 24.9. The van der Waals surface area contributed by atoms with Crippen LogP contribution in [0.3, 0.4) is 0 Å². The van der Waals surface area contributed by atoms with E-state index < -0.39 is 24.2 Å². The number of ether oxygens (including phenoxy) is 11. The summed E-state index contributed by atoms with van der Waals surface area (Å²) in [7, 11) is -4.22. The third-order valence-electron chi connectivity index (χ3n) is 14.8. The number of phenols is 1. The Morgan fingerprint density at radius 2 is 0.590 bits per heavy atom. The first-order chi connectivity index (χ1) is 58.0. The molecule has 0 radical (unpaired) electrons. The van der Waals surface area contributed by atoms with Crippen LogP contribution in [0.4, 0.5) is 0 Å². The minimum absolute atomic E-state index is 0. The molecule has 0 aromatic heterocycles. The quantitative estimate of drug-likeness (QED) is 0.00431. The Hall–Kier alpha value is -10.5. The summed E-state index contributed by atoms with van der Waals surface area (Å²) in [6.07, 6.45) is 4.71. The van der Waals surface area contributed by atoms with Gasteiger partial charge in [-0.2, -0.15) is 8.42 Å². The van der Waals surface area contributed by atoms with E-state index in [1.807, 2.05) is 111 Å². The van der Waals surface area contributed by atoms with E-state index in [9.17, 15) is 32.7 Å². The number of aromatic hydroxyl groups is 1. The van der Waals surface area contributed by atoms with E-state index in [0.29, 0.717) is 130 Å². The summed E-state index contributed by atoms with van der Waals surface area (Å²) in [6.45, 7) is 21.3. The lowest BCUT2D eigenvalue weighted by Crippen LogP contribution is -2.33. The summed E-state index contributed by atoms with van der Waals surface area (Å²) in [6, 6.07) is 57.0. The lowest BCUT2D eigenvalue weighted by atomic mass is 9.89. The lowest BCUT2D eigenvalue weighted by molar-refractivity contribution is 0.0617. The molecule has 0 aliphatic carbocycles. The molecule has 33 nitrogen and oxygen atoms in total. The summed E-state index contributed by atoms with van der Waals surface area (Å²) in [4.78, 5) is 51.1. The first-order valence-corrected chi connectivity index (χ1v) is 41.2. The molecule has 0 saturated heterocycles. The lowest BCUT2D eigenvalue weighted by Gasteiger charge is -2.14. The van der Waals surface area contributed by atoms with Gasteiger partial charge in [-0.25, -0.2) is 0 Å². The van der Waals surface area contributed by atoms with Crippen molar-refractivity contribution in [1.82, 2.24) is 20.3 Å². The number of carbonyl (C=O) groups excluding carboxylic acids is 4. The molecular formula is C85H125B2ClN8O25S. The van der Waals surface area contributed by atoms with Crippen LogP contribution in [0.15, 0.2) is 194 Å². The Bertz CT molecular complexity index is 4000. The molecule has 0 spiro atoms. The third-order valence-corrected chi connectivity index (χ3v) is 15.4. The number of benzene rings is 8. The van der Waals surface area contributed by atoms with Gasteiger partial charge in [0.15, 0.2) is 0 Å². The number of hydrogen-bond acceptors (Lipinski definition) is 30. The second-order valence-corrected chi connectivity index (χ2v) is 26.6. The van der Waals surface area contributed by atoms with Crippen LogP contribution in [-0.4, -0.2) is 237 Å². The Labute approximate surface area is 723 Å². The molecule has 10 rings (SSSR count). The van der Waals surface area contributed by atoms with Gasteiger partial charge in [-0.1, -0.05) is 88.4 Å². The summed E-state index contributed by atoms with van der Waals surface area (Å²) >= 11 is 0. The van der Waals surface area contributed by atoms with Crippen LogP contribution >= 0.6 is 12.4 Å². The van der Waals surface area contributed by atoms with Crippen molar-refractivity contribution in [1.29, 1.82) is 0 Å². The van der Waals surface area contributed by atoms with E-state index in [1.54, 1.807) is 105 Å². The number of rotatable bonds is 42. The zero-order valence-electron chi connectivity index (χ0n) is 70.9. The first-order valence-electron chi connectivity index (χ1n) is 39.4. The van der Waals surface area contributed by atoms with Crippen LogP contribution in [0.2, 0.25) is 13.6 Å². The molecule has 0 unspecified atom stereocenters. The van der Waals surface area contributed by atoms with Crippen LogP contribution in [0.5, 0.6) is 69.0 Å². The summed E-state index contributed by atoms with van der Waals surface area (Å²) < 4.78 is 84.4. The largest absolute Gasteiger partial charge is 0.508 e. The van der Waals surface area contributed by atoms with Crippen LogP contribution in [0.25, 0.3) is 0 Å². The van der Waals surface area contributed by atoms with E-state index >= 15 is 0 Å². The van der Waals surface area contributed by atoms with Gasteiger partial charge < -0.3 is 110 Å². The fourth-order valence-corrected chi connectivity index (χ4v) is 10.2. The fourth-order valence-electron chi connectivity index (χ4n) is 9.68. The summed E-state index contributed by atoms with van der Waals surface area (Å²) in [5, 5.41) is 57.8. The zero-order chi connectivity index (χ0) is 88.6. The highest BCUT2D eigenvalue weighted by atomic mass is 35.5. The molecule has 0 fully saturated rings. The molecule has 37 heteroatoms. The predicted molar refractivity (Wildman–Crippen MR) is 474 cm³/mol. The molecule has 8 aromatic carbocycles. The molecule has 0 saturated carbocycles. The van der Waals surface area contributed by atoms with Crippen LogP contribution < -0.4 is 85.7 Å². The first kappa shape index (κ1) is 111. The molecule has 122 heavy (non-hydrogen) atoms. The number of hydrazine groups is 1. The third kappa shape index (κ3) is 48.8. The molecule has 0 atom stereocenters. The standard InChI is InChI=1S/C19H19NO4.C16H13NO4.C12H20BNO3.C11H18BNO4.C11H17NO2.C10H15NO3.C4H10O3S.C2H6O.ClH.H4N2.H2O/c1-2-11-23-14-6-5-7-15(13-14)24-12-10-20-18(21)16-8-3-4-9-17(16)19(20)22;18-11-4-3-5-12(10-11)21-9-8-17-15(19)13-6-1-2-7-14(13)16(17)20;1-3-8-16-11-5-4-6-12(10-11)17-9-7-14-13(2)15;1-12(15)13-5-7-16-10-3-2-4-11(9-10)17-8-6-14;1-2-7-13-10-4-3-5-11(9-10)14-8-6-12;11-4-6-13-9-2-1-3-10(8-9)14-7-5-12;1-3-4-7-8(2,5)6;1-2-3;;1-2;/h3-9,13H,2,10-12H2,1H3;1-7,10,18H,8-9H2;4-6,10,14-15H,3,7-9H2,1-2H3;2-4,9,13-15H,5-8H2,1H3;3-5,9H,2,6-8,12H2,1H3;1-3,8,12H,4-7,11H2;3-4H2,1-2H3;3H,2H2,1H3;1H;1-2H2;1H2. The Balaban J connectivity index is 0.00000141. The molecule has 2 heterocycles. The Kier molecular flexibility index (Phi) is 63.1. The number of phenolic OH excluding ortho intramolecular Hbond substituents is 1. The maximum atomic E-state index is 12.3. The van der Waals surface area contributed by atoms with Crippen LogP contribution in [0, 0.1) is 0 Å². The maximum Gasteiger partial charge on any atom is 0.373 e. The average Bonchev–Trinajstić information content (AvgIpc) is 1.65. The minimum Gasteiger partial charge on any atom is -0.508 e. The van der Waals surface area contributed by atoms with Crippen molar-refractivity contribution in [2.24, 2.45) is 23.2 Å². The predicted octanol–water partition coefficient (Wildman–Crippen LogP) is 7.90. The smallest absolute Gasteiger partial charge is 0.373 e.